The third-order valence-electron chi connectivity index (χ3n) is 5.27. The average Bonchev–Trinajstić information content (AvgIpc) is 3.30. The second kappa shape index (κ2) is 6.37. The Hall–Kier alpha value is -1.18. The lowest BCUT2D eigenvalue weighted by molar-refractivity contribution is -0.140. The zero-order chi connectivity index (χ0) is 15.8. The molecule has 6 nitrogen and oxygen atoms in total. The molecular formula is C16H23N3O3S. The summed E-state index contributed by atoms with van der Waals surface area (Å²) in [5.74, 6) is 2.16. The third kappa shape index (κ3) is 2.97. The number of nitrogens with zero attached hydrogens (tertiary/aromatic N) is 3. The van der Waals surface area contributed by atoms with Gasteiger partial charge in [0, 0.05) is 50.3 Å². The van der Waals surface area contributed by atoms with E-state index in [1.54, 1.807) is 7.11 Å². The van der Waals surface area contributed by atoms with Gasteiger partial charge in [-0.2, -0.15) is 4.37 Å². The number of rotatable bonds is 4. The molecule has 0 bridgehead atoms. The minimum Gasteiger partial charge on any atom is -0.480 e. The fourth-order valence-corrected chi connectivity index (χ4v) is 4.78. The number of aromatic nitrogens is 1. The number of likely N-dealkylation sites (tertiary alicyclic amines) is 2. The van der Waals surface area contributed by atoms with E-state index >= 15 is 0 Å². The first-order valence-corrected chi connectivity index (χ1v) is 9.18. The lowest BCUT2D eigenvalue weighted by Crippen LogP contribution is -2.39. The van der Waals surface area contributed by atoms with Gasteiger partial charge in [0.05, 0.1) is 7.11 Å². The maximum Gasteiger partial charge on any atom is 0.251 e. The van der Waals surface area contributed by atoms with Crippen molar-refractivity contribution < 1.29 is 14.3 Å². The normalized spacial score (nSPS) is 30.8. The largest absolute Gasteiger partial charge is 0.480 e. The van der Waals surface area contributed by atoms with E-state index in [2.05, 4.69) is 14.7 Å². The van der Waals surface area contributed by atoms with Crippen LogP contribution < -0.4 is 4.74 Å². The van der Waals surface area contributed by atoms with Gasteiger partial charge in [0.1, 0.15) is 6.10 Å². The summed E-state index contributed by atoms with van der Waals surface area (Å²) in [5, 5.41) is 2.07. The molecule has 0 unspecified atom stereocenters. The molecule has 4 heterocycles. The van der Waals surface area contributed by atoms with Crippen LogP contribution >= 0.6 is 11.5 Å². The number of hydrogen-bond acceptors (Lipinski definition) is 6. The fourth-order valence-electron chi connectivity index (χ4n) is 4.14. The number of hydrogen-bond donors (Lipinski definition) is 0. The van der Waals surface area contributed by atoms with E-state index in [0.29, 0.717) is 11.8 Å². The van der Waals surface area contributed by atoms with E-state index in [1.807, 2.05) is 4.90 Å². The molecule has 3 fully saturated rings. The second-order valence-electron chi connectivity index (χ2n) is 6.81. The lowest BCUT2D eigenvalue weighted by Gasteiger charge is -2.23. The summed E-state index contributed by atoms with van der Waals surface area (Å²) in [4.78, 5) is 17.0. The van der Waals surface area contributed by atoms with Crippen molar-refractivity contribution in [2.45, 2.75) is 25.5 Å². The number of carbonyl (C=O) groups excluding carboxylic acids is 1. The smallest absolute Gasteiger partial charge is 0.251 e. The van der Waals surface area contributed by atoms with E-state index in [-0.39, 0.29) is 12.0 Å². The van der Waals surface area contributed by atoms with Gasteiger partial charge in [0.2, 0.25) is 5.88 Å². The monoisotopic (exact) mass is 337 g/mol. The lowest BCUT2D eigenvalue weighted by atomic mass is 10.0. The molecule has 1 aromatic heterocycles. The Balaban J connectivity index is 1.32. The molecule has 0 spiro atoms. The topological polar surface area (TPSA) is 54.9 Å². The predicted octanol–water partition coefficient (Wildman–Crippen LogP) is 1.22. The molecule has 0 radical (unpaired) electrons. The Morgan fingerprint density at radius 3 is 2.83 bits per heavy atom. The van der Waals surface area contributed by atoms with E-state index < -0.39 is 0 Å². The molecule has 1 aromatic rings. The van der Waals surface area contributed by atoms with E-state index in [0.717, 1.165) is 58.1 Å². The summed E-state index contributed by atoms with van der Waals surface area (Å²) in [6.07, 6.45) is 1.73. The first kappa shape index (κ1) is 15.4. The molecular weight excluding hydrogens is 314 g/mol. The van der Waals surface area contributed by atoms with Crippen LogP contribution in [0.2, 0.25) is 0 Å². The van der Waals surface area contributed by atoms with Gasteiger partial charge in [-0.15, -0.1) is 0 Å². The van der Waals surface area contributed by atoms with Crippen molar-refractivity contribution in [1.82, 2.24) is 14.2 Å². The maximum atomic E-state index is 12.5. The summed E-state index contributed by atoms with van der Waals surface area (Å²) >= 11 is 1.45. The van der Waals surface area contributed by atoms with Gasteiger partial charge in [-0.25, -0.2) is 0 Å². The Bertz CT molecular complexity index is 559. The molecule has 0 saturated carbocycles. The van der Waals surface area contributed by atoms with Gasteiger partial charge in [-0.1, -0.05) is 0 Å². The van der Waals surface area contributed by atoms with Crippen LogP contribution in [-0.2, 0) is 16.1 Å². The molecule has 23 heavy (non-hydrogen) atoms. The zero-order valence-corrected chi connectivity index (χ0v) is 14.3. The van der Waals surface area contributed by atoms with Crippen LogP contribution in [0.25, 0.3) is 0 Å². The highest BCUT2D eigenvalue weighted by molar-refractivity contribution is 7.03. The number of ether oxygens (including phenoxy) is 2. The number of carbonyl (C=O) groups is 1. The minimum atomic E-state index is -0.175. The van der Waals surface area contributed by atoms with Crippen molar-refractivity contribution in [3.63, 3.8) is 0 Å². The van der Waals surface area contributed by atoms with Crippen LogP contribution in [0, 0.1) is 11.8 Å². The van der Waals surface area contributed by atoms with Crippen molar-refractivity contribution in [2.24, 2.45) is 11.8 Å². The SMILES string of the molecule is COc1nscc1CN1C[C@@H]2CN(C(=O)[C@@H]3CCCO3)C[C@@H]2C1. The number of fused-ring (bicyclic) bond motifs is 1. The minimum absolute atomic E-state index is 0.175. The highest BCUT2D eigenvalue weighted by atomic mass is 32.1. The standard InChI is InChI=1S/C16H23N3O3S/c1-21-15-13(10-23-17-15)7-18-5-11-8-19(9-12(11)6-18)16(20)14-3-2-4-22-14/h10-12,14H,2-9H2,1H3/t11-,12+,14-/m0/s1. The molecule has 0 N–H and O–H groups in total. The van der Waals surface area contributed by atoms with Gasteiger partial charge >= 0.3 is 0 Å². The molecule has 3 saturated heterocycles. The molecule has 1 amide bonds. The number of methoxy groups -OCH3 is 1. The van der Waals surface area contributed by atoms with Gasteiger partial charge in [-0.3, -0.25) is 9.69 Å². The predicted molar refractivity (Wildman–Crippen MR) is 86.5 cm³/mol. The zero-order valence-electron chi connectivity index (χ0n) is 13.4. The summed E-state index contributed by atoms with van der Waals surface area (Å²) < 4.78 is 15.1. The van der Waals surface area contributed by atoms with Gasteiger partial charge in [0.15, 0.2) is 0 Å². The highest BCUT2D eigenvalue weighted by Gasteiger charge is 2.43. The first-order chi connectivity index (χ1) is 11.2. The van der Waals surface area contributed by atoms with Crippen LogP contribution in [-0.4, -0.2) is 66.1 Å². The van der Waals surface area contributed by atoms with Crippen LogP contribution in [0.1, 0.15) is 18.4 Å². The van der Waals surface area contributed by atoms with Gasteiger partial charge < -0.3 is 14.4 Å². The molecule has 3 aliphatic rings. The molecule has 0 aromatic carbocycles. The summed E-state index contributed by atoms with van der Waals surface area (Å²) in [7, 11) is 1.67. The van der Waals surface area contributed by atoms with Crippen LogP contribution in [0.3, 0.4) is 0 Å². The maximum absolute atomic E-state index is 12.5. The Morgan fingerprint density at radius 2 is 2.17 bits per heavy atom. The number of amides is 1. The van der Waals surface area contributed by atoms with E-state index in [1.165, 1.54) is 17.1 Å². The third-order valence-corrected chi connectivity index (χ3v) is 5.93. The summed E-state index contributed by atoms with van der Waals surface area (Å²) in [5.41, 5.74) is 1.17. The molecule has 0 aliphatic carbocycles. The van der Waals surface area contributed by atoms with Crippen molar-refractivity contribution in [3.05, 3.63) is 10.9 Å². The Kier molecular flexibility index (Phi) is 4.26. The van der Waals surface area contributed by atoms with Crippen LogP contribution in [0.5, 0.6) is 5.88 Å². The average molecular weight is 337 g/mol. The first-order valence-electron chi connectivity index (χ1n) is 8.34. The van der Waals surface area contributed by atoms with Crippen LogP contribution in [0.15, 0.2) is 5.38 Å². The molecule has 7 heteroatoms. The van der Waals surface area contributed by atoms with Crippen molar-refractivity contribution >= 4 is 17.4 Å². The molecule has 4 rings (SSSR count). The second-order valence-corrected chi connectivity index (χ2v) is 7.44. The highest BCUT2D eigenvalue weighted by Crippen LogP contribution is 2.34. The summed E-state index contributed by atoms with van der Waals surface area (Å²) in [6.45, 7) is 5.52. The van der Waals surface area contributed by atoms with E-state index in [9.17, 15) is 4.79 Å². The summed E-state index contributed by atoms with van der Waals surface area (Å²) in [6, 6.07) is 0. The van der Waals surface area contributed by atoms with E-state index in [4.69, 9.17) is 9.47 Å². The molecule has 126 valence electrons. The quantitative estimate of drug-likeness (QED) is 0.827. The fraction of sp³-hybridized carbons (Fsp3) is 0.750. The van der Waals surface area contributed by atoms with Gasteiger partial charge in [0.25, 0.3) is 5.91 Å². The molecule has 3 atom stereocenters. The van der Waals surface area contributed by atoms with Crippen molar-refractivity contribution in [2.75, 3.05) is 39.9 Å². The Morgan fingerprint density at radius 1 is 1.39 bits per heavy atom. The van der Waals surface area contributed by atoms with Crippen molar-refractivity contribution in [1.29, 1.82) is 0 Å². The Labute approximate surface area is 140 Å². The van der Waals surface area contributed by atoms with Crippen molar-refractivity contribution in [3.8, 4) is 5.88 Å². The van der Waals surface area contributed by atoms with Gasteiger partial charge in [-0.05, 0) is 36.2 Å². The van der Waals surface area contributed by atoms with Crippen LogP contribution in [0.4, 0.5) is 0 Å². The molecule has 3 aliphatic heterocycles.